The third-order valence-electron chi connectivity index (χ3n) is 5.79. The highest BCUT2D eigenvalue weighted by atomic mass is 32.2. The van der Waals surface area contributed by atoms with Crippen molar-refractivity contribution in [1.82, 2.24) is 9.47 Å². The Morgan fingerprint density at radius 3 is 2.44 bits per heavy atom. The highest BCUT2D eigenvalue weighted by Crippen LogP contribution is 2.22. The molecular formula is C25H23FN2O5S. The minimum Gasteiger partial charge on any atom is -0.478 e. The van der Waals surface area contributed by atoms with E-state index in [4.69, 9.17) is 5.11 Å². The first-order valence-electron chi connectivity index (χ1n) is 10.6. The van der Waals surface area contributed by atoms with Crippen molar-refractivity contribution >= 4 is 21.7 Å². The van der Waals surface area contributed by atoms with Gasteiger partial charge in [-0.1, -0.05) is 18.2 Å². The van der Waals surface area contributed by atoms with Gasteiger partial charge in [0.1, 0.15) is 5.82 Å². The Bertz CT molecular complexity index is 1380. The molecule has 9 heteroatoms. The largest absolute Gasteiger partial charge is 0.478 e. The highest BCUT2D eigenvalue weighted by molar-refractivity contribution is 7.94. The number of nitrogens with zero attached hydrogens (tertiary/aromatic N) is 2. The van der Waals surface area contributed by atoms with Gasteiger partial charge >= 0.3 is 5.97 Å². The Morgan fingerprint density at radius 2 is 1.88 bits per heavy atom. The number of hydrogen-bond donors (Lipinski definition) is 1. The highest BCUT2D eigenvalue weighted by Gasteiger charge is 2.30. The fourth-order valence-electron chi connectivity index (χ4n) is 3.94. The number of amides is 1. The van der Waals surface area contributed by atoms with Gasteiger partial charge in [0, 0.05) is 29.5 Å². The van der Waals surface area contributed by atoms with Crippen molar-refractivity contribution in [2.75, 3.05) is 5.75 Å². The van der Waals surface area contributed by atoms with E-state index in [1.165, 1.54) is 29.2 Å². The molecule has 0 spiro atoms. The standard InChI is InChI=1S/C25H23FN2O5S/c1-17-3-2-11-27(17)21-9-8-20(23(26)14-21)13-24(29)28(22-10-12-34(32,33)16-22)15-18-4-6-19(7-5-18)25(30)31/h2-12,14,22H,13,15-16H2,1H3,(H,30,31). The maximum absolute atomic E-state index is 14.9. The van der Waals surface area contributed by atoms with Crippen LogP contribution in [0.25, 0.3) is 5.69 Å². The van der Waals surface area contributed by atoms with Gasteiger partial charge in [-0.25, -0.2) is 17.6 Å². The van der Waals surface area contributed by atoms with Gasteiger partial charge < -0.3 is 14.6 Å². The average Bonchev–Trinajstić information content (AvgIpc) is 3.38. The van der Waals surface area contributed by atoms with Crippen LogP contribution in [0.2, 0.25) is 0 Å². The zero-order valence-corrected chi connectivity index (χ0v) is 19.2. The van der Waals surface area contributed by atoms with E-state index in [9.17, 15) is 22.4 Å². The average molecular weight is 483 g/mol. The van der Waals surface area contributed by atoms with Gasteiger partial charge in [-0.05, 0) is 60.5 Å². The number of aryl methyl sites for hydroxylation is 1. The van der Waals surface area contributed by atoms with Gasteiger partial charge in [0.2, 0.25) is 5.91 Å². The number of hydrogen-bond acceptors (Lipinski definition) is 4. The monoisotopic (exact) mass is 482 g/mol. The van der Waals surface area contributed by atoms with Crippen LogP contribution in [0.3, 0.4) is 0 Å². The van der Waals surface area contributed by atoms with Crippen molar-refractivity contribution < 1.29 is 27.5 Å². The Kier molecular flexibility index (Phi) is 6.39. The molecule has 1 N–H and O–H groups in total. The zero-order valence-electron chi connectivity index (χ0n) is 18.4. The predicted octanol–water partition coefficient (Wildman–Crippen LogP) is 3.51. The number of carbonyl (C=O) groups is 2. The lowest BCUT2D eigenvalue weighted by Gasteiger charge is -2.28. The second-order valence-corrected chi connectivity index (χ2v) is 10.2. The SMILES string of the molecule is Cc1cccn1-c1ccc(CC(=O)N(Cc2ccc(C(=O)O)cc2)C2C=CS(=O)(=O)C2)c(F)c1. The summed E-state index contributed by atoms with van der Waals surface area (Å²) in [5.41, 5.74) is 2.52. The molecule has 4 rings (SSSR count). The van der Waals surface area contributed by atoms with Gasteiger partial charge in [0.15, 0.2) is 9.84 Å². The maximum Gasteiger partial charge on any atom is 0.335 e. The van der Waals surface area contributed by atoms with Crippen molar-refractivity contribution in [3.05, 3.63) is 100 Å². The van der Waals surface area contributed by atoms with Gasteiger partial charge in [0.25, 0.3) is 0 Å². The van der Waals surface area contributed by atoms with Crippen molar-refractivity contribution in [3.63, 3.8) is 0 Å². The number of carbonyl (C=O) groups excluding carboxylic acids is 1. The number of sulfone groups is 1. The van der Waals surface area contributed by atoms with Crippen LogP contribution in [0.1, 0.15) is 27.2 Å². The second kappa shape index (κ2) is 9.26. The molecule has 2 heterocycles. The van der Waals surface area contributed by atoms with E-state index < -0.39 is 33.6 Å². The number of halogens is 1. The van der Waals surface area contributed by atoms with E-state index >= 15 is 0 Å². The third-order valence-corrected chi connectivity index (χ3v) is 7.17. The molecule has 1 atom stereocenters. The summed E-state index contributed by atoms with van der Waals surface area (Å²) < 4.78 is 40.7. The van der Waals surface area contributed by atoms with E-state index in [2.05, 4.69) is 0 Å². The van der Waals surface area contributed by atoms with Gasteiger partial charge in [-0.3, -0.25) is 4.79 Å². The minimum atomic E-state index is -3.43. The number of benzene rings is 2. The first-order valence-corrected chi connectivity index (χ1v) is 12.3. The Morgan fingerprint density at radius 1 is 1.15 bits per heavy atom. The van der Waals surface area contributed by atoms with E-state index in [1.54, 1.807) is 24.3 Å². The van der Waals surface area contributed by atoms with Crippen molar-refractivity contribution in [1.29, 1.82) is 0 Å². The summed E-state index contributed by atoms with van der Waals surface area (Å²) in [7, 11) is -3.43. The summed E-state index contributed by atoms with van der Waals surface area (Å²) in [6.07, 6.45) is 3.03. The second-order valence-electron chi connectivity index (χ2n) is 8.22. The van der Waals surface area contributed by atoms with Crippen molar-refractivity contribution in [3.8, 4) is 5.69 Å². The summed E-state index contributed by atoms with van der Waals surface area (Å²) in [5.74, 6) is -2.28. The zero-order chi connectivity index (χ0) is 24.5. The molecule has 176 valence electrons. The Hall–Kier alpha value is -3.72. The van der Waals surface area contributed by atoms with Crippen molar-refractivity contribution in [2.24, 2.45) is 0 Å². The molecule has 1 unspecified atom stereocenters. The molecular weight excluding hydrogens is 459 g/mol. The summed E-state index contributed by atoms with van der Waals surface area (Å²) in [6, 6.07) is 13.7. The first kappa shape index (κ1) is 23.4. The van der Waals surface area contributed by atoms with E-state index in [-0.39, 0.29) is 29.8 Å². The van der Waals surface area contributed by atoms with Gasteiger partial charge in [-0.2, -0.15) is 0 Å². The lowest BCUT2D eigenvalue weighted by molar-refractivity contribution is -0.132. The molecule has 1 aliphatic heterocycles. The first-order chi connectivity index (χ1) is 16.1. The van der Waals surface area contributed by atoms with Crippen LogP contribution in [-0.4, -0.2) is 46.7 Å². The van der Waals surface area contributed by atoms with Gasteiger partial charge in [-0.15, -0.1) is 0 Å². The number of rotatable bonds is 7. The molecule has 1 aliphatic rings. The summed E-state index contributed by atoms with van der Waals surface area (Å²) in [4.78, 5) is 25.7. The van der Waals surface area contributed by atoms with Crippen LogP contribution in [0, 0.1) is 12.7 Å². The van der Waals surface area contributed by atoms with Crippen molar-refractivity contribution in [2.45, 2.75) is 25.9 Å². The summed E-state index contributed by atoms with van der Waals surface area (Å²) in [6.45, 7) is 1.96. The predicted molar refractivity (Wildman–Crippen MR) is 125 cm³/mol. The Balaban J connectivity index is 1.57. The van der Waals surface area contributed by atoms with E-state index in [0.29, 0.717) is 11.3 Å². The molecule has 2 aromatic carbocycles. The van der Waals surface area contributed by atoms with Crippen LogP contribution >= 0.6 is 0 Å². The molecule has 0 saturated carbocycles. The molecule has 3 aromatic rings. The van der Waals surface area contributed by atoms with Gasteiger partial charge in [0.05, 0.1) is 23.8 Å². The quantitative estimate of drug-likeness (QED) is 0.556. The van der Waals surface area contributed by atoms with Crippen LogP contribution in [0.15, 0.2) is 72.3 Å². The minimum absolute atomic E-state index is 0.0610. The van der Waals surface area contributed by atoms with Crippen LogP contribution in [-0.2, 0) is 27.6 Å². The van der Waals surface area contributed by atoms with E-state index in [1.807, 2.05) is 29.8 Å². The van der Waals surface area contributed by atoms with Crippen LogP contribution in [0.4, 0.5) is 4.39 Å². The Labute approximate surface area is 196 Å². The molecule has 34 heavy (non-hydrogen) atoms. The third kappa shape index (κ3) is 5.09. The molecule has 0 saturated heterocycles. The van der Waals surface area contributed by atoms with Crippen LogP contribution < -0.4 is 0 Å². The molecule has 0 bridgehead atoms. The lowest BCUT2D eigenvalue weighted by atomic mass is 10.1. The smallest absolute Gasteiger partial charge is 0.335 e. The van der Waals surface area contributed by atoms with Crippen LogP contribution in [0.5, 0.6) is 0 Å². The fraction of sp³-hybridized carbons (Fsp3) is 0.200. The summed E-state index contributed by atoms with van der Waals surface area (Å²) >= 11 is 0. The lowest BCUT2D eigenvalue weighted by Crippen LogP contribution is -2.41. The topological polar surface area (TPSA) is 96.7 Å². The molecule has 7 nitrogen and oxygen atoms in total. The number of aromatic carboxylic acids is 1. The molecule has 0 radical (unpaired) electrons. The molecule has 1 aromatic heterocycles. The number of aromatic nitrogens is 1. The number of carboxylic acids is 1. The molecule has 0 aliphatic carbocycles. The van der Waals surface area contributed by atoms with E-state index in [0.717, 1.165) is 11.1 Å². The summed E-state index contributed by atoms with van der Waals surface area (Å²) in [5, 5.41) is 10.2. The number of carboxylic acid groups (broad SMARTS) is 1. The normalized spacial score (nSPS) is 16.5. The molecule has 0 fully saturated rings. The maximum atomic E-state index is 14.9. The fourth-order valence-corrected chi connectivity index (χ4v) is 5.24. The molecule has 1 amide bonds.